The molecule has 6 rings (SSSR count). The van der Waals surface area contributed by atoms with E-state index in [0.29, 0.717) is 11.0 Å². The van der Waals surface area contributed by atoms with Crippen LogP contribution < -0.4 is 10.1 Å². The molecule has 1 aromatic heterocycles. The topological polar surface area (TPSA) is 52.0 Å². The maximum Gasteiger partial charge on any atom is 0.226 e. The number of nitrogens with zero attached hydrogens (tertiary/aromatic N) is 3. The molecule has 0 aliphatic carbocycles. The van der Waals surface area contributed by atoms with Crippen molar-refractivity contribution in [1.82, 2.24) is 14.8 Å². The van der Waals surface area contributed by atoms with Gasteiger partial charge >= 0.3 is 0 Å². The van der Waals surface area contributed by atoms with Gasteiger partial charge in [-0.1, -0.05) is 54.1 Å². The molecule has 2 aliphatic heterocycles. The second-order valence-electron chi connectivity index (χ2n) is 7.49. The predicted octanol–water partition coefficient (Wildman–Crippen LogP) is 5.63. The Balaban J connectivity index is 1.64. The molecule has 2 atom stereocenters. The molecule has 2 aliphatic rings. The minimum Gasteiger partial charge on any atom is -0.480 e. The van der Waals surface area contributed by atoms with Crippen LogP contribution in [0.3, 0.4) is 0 Å². The highest BCUT2D eigenvalue weighted by atomic mass is 35.5. The molecule has 7 heteroatoms. The summed E-state index contributed by atoms with van der Waals surface area (Å²) in [6.45, 7) is 0. The number of hydrogen-bond donors (Lipinski definition) is 1. The molecule has 3 heterocycles. The van der Waals surface area contributed by atoms with Crippen molar-refractivity contribution in [2.45, 2.75) is 12.1 Å². The lowest BCUT2D eigenvalue weighted by Gasteiger charge is -2.39. The normalized spacial score (nSPS) is 19.0. The first-order valence-electron chi connectivity index (χ1n) is 9.86. The van der Waals surface area contributed by atoms with Crippen LogP contribution >= 0.6 is 11.6 Å². The van der Waals surface area contributed by atoms with Gasteiger partial charge in [-0.25, -0.2) is 9.07 Å². The van der Waals surface area contributed by atoms with Gasteiger partial charge in [0.05, 0.1) is 5.70 Å². The lowest BCUT2D eigenvalue weighted by atomic mass is 9.84. The molecular formula is C24H16ClFN4O. The Morgan fingerprint density at radius 1 is 0.968 bits per heavy atom. The van der Waals surface area contributed by atoms with Gasteiger partial charge in [-0.15, -0.1) is 0 Å². The lowest BCUT2D eigenvalue weighted by molar-refractivity contribution is 0.223. The molecule has 0 saturated carbocycles. The van der Waals surface area contributed by atoms with E-state index in [2.05, 4.69) is 15.4 Å². The van der Waals surface area contributed by atoms with Crippen molar-refractivity contribution in [3.63, 3.8) is 0 Å². The van der Waals surface area contributed by atoms with Crippen LogP contribution in [0.2, 0.25) is 5.02 Å². The fourth-order valence-electron chi connectivity index (χ4n) is 4.31. The molecule has 0 spiro atoms. The summed E-state index contributed by atoms with van der Waals surface area (Å²) < 4.78 is 22.0. The number of fused-ring (bicyclic) bond motifs is 3. The average Bonchev–Trinajstić information content (AvgIpc) is 3.27. The van der Waals surface area contributed by atoms with Crippen LogP contribution in [0.1, 0.15) is 28.8 Å². The highest BCUT2D eigenvalue weighted by molar-refractivity contribution is 6.30. The van der Waals surface area contributed by atoms with Gasteiger partial charge in [0, 0.05) is 16.2 Å². The van der Waals surface area contributed by atoms with Crippen molar-refractivity contribution in [2.75, 3.05) is 5.32 Å². The minimum absolute atomic E-state index is 0.290. The first-order valence-corrected chi connectivity index (χ1v) is 10.2. The fourth-order valence-corrected chi connectivity index (χ4v) is 4.48. The smallest absolute Gasteiger partial charge is 0.226 e. The van der Waals surface area contributed by atoms with E-state index in [9.17, 15) is 4.39 Å². The highest BCUT2D eigenvalue weighted by Crippen LogP contribution is 2.50. The Labute approximate surface area is 182 Å². The van der Waals surface area contributed by atoms with Crippen molar-refractivity contribution in [3.8, 4) is 5.75 Å². The molecule has 0 unspecified atom stereocenters. The Hall–Kier alpha value is -3.64. The van der Waals surface area contributed by atoms with E-state index in [-0.39, 0.29) is 18.0 Å². The third-order valence-electron chi connectivity index (χ3n) is 5.66. The molecule has 4 aromatic rings. The van der Waals surface area contributed by atoms with Crippen LogP contribution in [-0.2, 0) is 0 Å². The van der Waals surface area contributed by atoms with E-state index in [4.69, 9.17) is 16.3 Å². The van der Waals surface area contributed by atoms with Crippen molar-refractivity contribution < 1.29 is 9.13 Å². The summed E-state index contributed by atoms with van der Waals surface area (Å²) >= 11 is 6.33. The van der Waals surface area contributed by atoms with E-state index < -0.39 is 0 Å². The van der Waals surface area contributed by atoms with E-state index >= 15 is 0 Å². The van der Waals surface area contributed by atoms with Crippen molar-refractivity contribution in [1.29, 1.82) is 0 Å². The summed E-state index contributed by atoms with van der Waals surface area (Å²) in [7, 11) is 0. The molecule has 0 bridgehead atoms. The van der Waals surface area contributed by atoms with Crippen LogP contribution in [0.25, 0.3) is 5.70 Å². The molecule has 0 amide bonds. The first-order chi connectivity index (χ1) is 15.2. The Bertz CT molecular complexity index is 1320. The fraction of sp³-hybridized carbons (Fsp3) is 0.0833. The van der Waals surface area contributed by atoms with Gasteiger partial charge < -0.3 is 10.1 Å². The number of nitrogens with one attached hydrogen (secondary N) is 1. The van der Waals surface area contributed by atoms with E-state index in [1.807, 2.05) is 48.5 Å². The average molecular weight is 431 g/mol. The van der Waals surface area contributed by atoms with Crippen LogP contribution in [0.15, 0.2) is 84.7 Å². The monoisotopic (exact) mass is 430 g/mol. The van der Waals surface area contributed by atoms with Crippen molar-refractivity contribution >= 4 is 23.2 Å². The van der Waals surface area contributed by atoms with Crippen LogP contribution in [-0.4, -0.2) is 14.8 Å². The summed E-state index contributed by atoms with van der Waals surface area (Å²) in [5.41, 5.74) is 4.60. The predicted molar refractivity (Wildman–Crippen MR) is 116 cm³/mol. The van der Waals surface area contributed by atoms with Crippen LogP contribution in [0.5, 0.6) is 5.75 Å². The summed E-state index contributed by atoms with van der Waals surface area (Å²) in [5, 5.41) is 8.50. The molecule has 0 radical (unpaired) electrons. The Morgan fingerprint density at radius 2 is 1.77 bits per heavy atom. The standard InChI is InChI=1S/C24H16ClFN4O/c25-16-8-11-19-18(12-16)21-20(23(31-19)15-4-2-1-3-5-15)22(14-6-9-17(26)10-7-14)30-24(29-21)27-13-28-30/h1-13,22-23H,(H,27,28,29)/t22-,23-/m1/s1. The zero-order valence-corrected chi connectivity index (χ0v) is 16.9. The van der Waals surface area contributed by atoms with E-state index in [0.717, 1.165) is 33.7 Å². The summed E-state index contributed by atoms with van der Waals surface area (Å²) in [6, 6.07) is 21.7. The zero-order valence-electron chi connectivity index (χ0n) is 16.2. The molecule has 1 N–H and O–H groups in total. The van der Waals surface area contributed by atoms with E-state index in [1.54, 1.807) is 16.8 Å². The quantitative estimate of drug-likeness (QED) is 0.447. The summed E-state index contributed by atoms with van der Waals surface area (Å²) in [4.78, 5) is 4.39. The van der Waals surface area contributed by atoms with Gasteiger partial charge in [-0.05, 0) is 41.5 Å². The number of halogens is 2. The zero-order chi connectivity index (χ0) is 20.9. The van der Waals surface area contributed by atoms with Crippen molar-refractivity contribution in [3.05, 3.63) is 112 Å². The summed E-state index contributed by atoms with van der Waals surface area (Å²) in [6.07, 6.45) is 1.14. The molecule has 152 valence electrons. The number of benzene rings is 3. The molecule has 31 heavy (non-hydrogen) atoms. The van der Waals surface area contributed by atoms with Gasteiger partial charge in [0.2, 0.25) is 5.95 Å². The molecule has 5 nitrogen and oxygen atoms in total. The third kappa shape index (κ3) is 2.91. The second kappa shape index (κ2) is 6.96. The largest absolute Gasteiger partial charge is 0.480 e. The molecule has 0 saturated heterocycles. The number of hydrogen-bond acceptors (Lipinski definition) is 4. The minimum atomic E-state index is -0.371. The van der Waals surface area contributed by atoms with Crippen molar-refractivity contribution in [2.24, 2.45) is 0 Å². The molecule has 3 aromatic carbocycles. The van der Waals surface area contributed by atoms with Crippen LogP contribution in [0.4, 0.5) is 10.3 Å². The van der Waals surface area contributed by atoms with Crippen LogP contribution in [0, 0.1) is 5.82 Å². The number of aromatic nitrogens is 3. The van der Waals surface area contributed by atoms with Gasteiger partial charge in [0.15, 0.2) is 0 Å². The molecule has 0 fully saturated rings. The maximum atomic E-state index is 13.7. The van der Waals surface area contributed by atoms with Gasteiger partial charge in [-0.2, -0.15) is 10.1 Å². The Kier molecular flexibility index (Phi) is 4.07. The third-order valence-corrected chi connectivity index (χ3v) is 5.90. The highest BCUT2D eigenvalue weighted by Gasteiger charge is 2.40. The first kappa shape index (κ1) is 18.2. The van der Waals surface area contributed by atoms with Gasteiger partial charge in [0.25, 0.3) is 0 Å². The number of rotatable bonds is 2. The maximum absolute atomic E-state index is 13.7. The SMILES string of the molecule is Fc1ccc([C@@H]2C3=C(Nc4ncnn42)c2cc(Cl)ccc2O[C@@H]3c2ccccc2)cc1. The van der Waals surface area contributed by atoms with Gasteiger partial charge in [0.1, 0.15) is 30.0 Å². The van der Waals surface area contributed by atoms with E-state index in [1.165, 1.54) is 18.5 Å². The number of ether oxygens (including phenoxy) is 1. The molecular weight excluding hydrogens is 415 g/mol. The lowest BCUT2D eigenvalue weighted by Crippen LogP contribution is -2.32. The second-order valence-corrected chi connectivity index (χ2v) is 7.92. The van der Waals surface area contributed by atoms with Gasteiger partial charge in [-0.3, -0.25) is 0 Å². The number of anilines is 1. The summed E-state index contributed by atoms with van der Waals surface area (Å²) in [5.74, 6) is 1.05. The Morgan fingerprint density at radius 3 is 2.58 bits per heavy atom.